The van der Waals surface area contributed by atoms with E-state index in [-0.39, 0.29) is 6.42 Å². The number of nitrogens with one attached hydrogen (secondary N) is 1. The molecule has 1 aliphatic carbocycles. The van der Waals surface area contributed by atoms with Crippen LogP contribution in [0.1, 0.15) is 25.7 Å². The molecule has 1 aliphatic heterocycles. The smallest absolute Gasteiger partial charge is 0.379 e. The second-order valence-electron chi connectivity index (χ2n) is 3.97. The maximum Gasteiger partial charge on any atom is 0.419 e. The molecule has 2 atom stereocenters. The average molecular weight is 195 g/mol. The first kappa shape index (κ1) is 9.27. The second kappa shape index (κ2) is 2.39. The first-order valence-electron chi connectivity index (χ1n) is 4.45. The van der Waals surface area contributed by atoms with Crippen molar-refractivity contribution in [3.63, 3.8) is 0 Å². The van der Waals surface area contributed by atoms with Crippen molar-refractivity contribution in [3.05, 3.63) is 0 Å². The monoisotopic (exact) mass is 195 g/mol. The number of aliphatic hydroxyl groups is 1. The predicted molar refractivity (Wildman–Crippen MR) is 40.2 cm³/mol. The molecule has 2 aliphatic rings. The molecule has 1 heterocycles. The van der Waals surface area contributed by atoms with Crippen LogP contribution in [0.25, 0.3) is 0 Å². The number of alkyl halides is 3. The Kier molecular flexibility index (Phi) is 1.70. The lowest BCUT2D eigenvalue weighted by Gasteiger charge is -2.50. The van der Waals surface area contributed by atoms with Crippen molar-refractivity contribution in [1.82, 2.24) is 5.32 Å². The van der Waals surface area contributed by atoms with E-state index in [4.69, 9.17) is 0 Å². The first-order chi connectivity index (χ1) is 5.91. The zero-order valence-corrected chi connectivity index (χ0v) is 7.12. The lowest BCUT2D eigenvalue weighted by molar-refractivity contribution is -0.288. The Morgan fingerprint density at radius 3 is 2.08 bits per heavy atom. The molecule has 2 N–H and O–H groups in total. The highest BCUT2D eigenvalue weighted by atomic mass is 19.4. The molecule has 0 radical (unpaired) electrons. The van der Waals surface area contributed by atoms with Crippen molar-refractivity contribution in [1.29, 1.82) is 0 Å². The van der Waals surface area contributed by atoms with Gasteiger partial charge in [0.2, 0.25) is 0 Å². The minimum absolute atomic E-state index is 0.163. The van der Waals surface area contributed by atoms with Crippen molar-refractivity contribution in [3.8, 4) is 0 Å². The Hall–Kier alpha value is -0.290. The molecule has 0 aromatic heterocycles. The minimum atomic E-state index is -4.50. The van der Waals surface area contributed by atoms with Gasteiger partial charge in [0.05, 0.1) is 5.54 Å². The van der Waals surface area contributed by atoms with Crippen molar-refractivity contribution in [2.45, 2.75) is 43.0 Å². The predicted octanol–water partition coefficient (Wildman–Crippen LogP) is 1.20. The largest absolute Gasteiger partial charge is 0.419 e. The molecule has 2 unspecified atom stereocenters. The van der Waals surface area contributed by atoms with Crippen LogP contribution in [-0.4, -0.2) is 29.0 Å². The van der Waals surface area contributed by atoms with E-state index in [1.165, 1.54) is 0 Å². The number of hydrogen-bond donors (Lipinski definition) is 2. The summed E-state index contributed by atoms with van der Waals surface area (Å²) in [6.07, 6.45) is -3.35. The van der Waals surface area contributed by atoms with Crippen molar-refractivity contribution in [2.24, 2.45) is 0 Å². The van der Waals surface area contributed by atoms with E-state index < -0.39 is 17.3 Å². The maximum absolute atomic E-state index is 12.6. The van der Waals surface area contributed by atoms with Gasteiger partial charge in [-0.2, -0.15) is 13.2 Å². The highest BCUT2D eigenvalue weighted by Gasteiger charge is 2.69. The SMILES string of the molecule is OC1(C(F)(F)F)CCCC12CCN2. The van der Waals surface area contributed by atoms with Gasteiger partial charge in [-0.3, -0.25) is 0 Å². The van der Waals surface area contributed by atoms with Gasteiger partial charge in [-0.25, -0.2) is 0 Å². The fourth-order valence-electron chi connectivity index (χ4n) is 2.50. The van der Waals surface area contributed by atoms with E-state index in [0.29, 0.717) is 25.8 Å². The summed E-state index contributed by atoms with van der Waals surface area (Å²) in [5, 5.41) is 12.4. The summed E-state index contributed by atoms with van der Waals surface area (Å²) in [4.78, 5) is 0. The van der Waals surface area contributed by atoms with Gasteiger partial charge in [0, 0.05) is 0 Å². The fourth-order valence-corrected chi connectivity index (χ4v) is 2.50. The molecule has 1 saturated heterocycles. The van der Waals surface area contributed by atoms with Crippen LogP contribution in [0.3, 0.4) is 0 Å². The molecule has 0 aromatic carbocycles. The highest BCUT2D eigenvalue weighted by Crippen LogP contribution is 2.52. The quantitative estimate of drug-likeness (QED) is 0.608. The van der Waals surface area contributed by atoms with Crippen molar-refractivity contribution in [2.75, 3.05) is 6.54 Å². The van der Waals surface area contributed by atoms with Crippen LogP contribution in [0.15, 0.2) is 0 Å². The zero-order chi connectivity index (χ0) is 9.74. The van der Waals surface area contributed by atoms with Crippen LogP contribution in [0, 0.1) is 0 Å². The third kappa shape index (κ3) is 0.972. The molecule has 0 bridgehead atoms. The average Bonchev–Trinajstić information content (AvgIpc) is 2.25. The van der Waals surface area contributed by atoms with Crippen LogP contribution in [0.5, 0.6) is 0 Å². The highest BCUT2D eigenvalue weighted by molar-refractivity contribution is 5.17. The molecule has 13 heavy (non-hydrogen) atoms. The van der Waals surface area contributed by atoms with E-state index in [9.17, 15) is 18.3 Å². The minimum Gasteiger partial charge on any atom is -0.379 e. The first-order valence-corrected chi connectivity index (χ1v) is 4.45. The Bertz CT molecular complexity index is 224. The van der Waals surface area contributed by atoms with Crippen LogP contribution in [-0.2, 0) is 0 Å². The van der Waals surface area contributed by atoms with E-state index >= 15 is 0 Å². The van der Waals surface area contributed by atoms with Crippen molar-refractivity contribution >= 4 is 0 Å². The maximum atomic E-state index is 12.6. The Morgan fingerprint density at radius 2 is 1.77 bits per heavy atom. The van der Waals surface area contributed by atoms with Gasteiger partial charge in [-0.1, -0.05) is 0 Å². The molecular weight excluding hydrogens is 183 g/mol. The molecule has 2 nitrogen and oxygen atoms in total. The zero-order valence-electron chi connectivity index (χ0n) is 7.12. The molecule has 0 aromatic rings. The summed E-state index contributed by atoms with van der Waals surface area (Å²) in [6, 6.07) is 0. The van der Waals surface area contributed by atoms with Crippen LogP contribution < -0.4 is 5.32 Å². The summed E-state index contributed by atoms with van der Waals surface area (Å²) in [7, 11) is 0. The third-order valence-electron chi connectivity index (χ3n) is 3.42. The topological polar surface area (TPSA) is 32.3 Å². The molecule has 5 heteroatoms. The molecule has 0 amide bonds. The van der Waals surface area contributed by atoms with Gasteiger partial charge >= 0.3 is 6.18 Å². The van der Waals surface area contributed by atoms with E-state index in [1.54, 1.807) is 0 Å². The molecule has 76 valence electrons. The van der Waals surface area contributed by atoms with E-state index in [0.717, 1.165) is 0 Å². The van der Waals surface area contributed by atoms with Crippen LogP contribution in [0.2, 0.25) is 0 Å². The van der Waals surface area contributed by atoms with Gasteiger partial charge in [-0.05, 0) is 32.2 Å². The second-order valence-corrected chi connectivity index (χ2v) is 3.97. The summed E-state index contributed by atoms with van der Waals surface area (Å²) in [6.45, 7) is 0.582. The van der Waals surface area contributed by atoms with Crippen LogP contribution >= 0.6 is 0 Å². The van der Waals surface area contributed by atoms with Crippen LogP contribution in [0.4, 0.5) is 13.2 Å². The Labute approximate surface area is 74.1 Å². The fraction of sp³-hybridized carbons (Fsp3) is 1.00. The van der Waals surface area contributed by atoms with Gasteiger partial charge in [0.15, 0.2) is 5.60 Å². The Balaban J connectivity index is 2.30. The summed E-state index contributed by atoms with van der Waals surface area (Å²) >= 11 is 0. The molecule has 1 spiro atoms. The van der Waals surface area contributed by atoms with Gasteiger partial charge < -0.3 is 10.4 Å². The van der Waals surface area contributed by atoms with Gasteiger partial charge in [-0.15, -0.1) is 0 Å². The summed E-state index contributed by atoms with van der Waals surface area (Å²) in [5.41, 5.74) is -3.55. The lowest BCUT2D eigenvalue weighted by Crippen LogP contribution is -2.72. The molecule has 2 rings (SSSR count). The van der Waals surface area contributed by atoms with E-state index in [2.05, 4.69) is 5.32 Å². The summed E-state index contributed by atoms with van der Waals surface area (Å²) in [5.74, 6) is 0. The number of halogens is 3. The molecule has 2 fully saturated rings. The van der Waals surface area contributed by atoms with E-state index in [1.807, 2.05) is 0 Å². The van der Waals surface area contributed by atoms with Gasteiger partial charge in [0.25, 0.3) is 0 Å². The van der Waals surface area contributed by atoms with Gasteiger partial charge in [0.1, 0.15) is 0 Å². The number of rotatable bonds is 0. The lowest BCUT2D eigenvalue weighted by atomic mass is 9.74. The number of hydrogen-bond acceptors (Lipinski definition) is 2. The molecule has 1 saturated carbocycles. The van der Waals surface area contributed by atoms with Crippen molar-refractivity contribution < 1.29 is 18.3 Å². The Morgan fingerprint density at radius 1 is 1.15 bits per heavy atom. The molecular formula is C8H12F3NO. The summed E-state index contributed by atoms with van der Waals surface area (Å²) < 4.78 is 37.7. The standard InChI is InChI=1S/C8H12F3NO/c9-8(10,11)7(13)3-1-2-6(7)4-5-12-6/h12-13H,1-5H2. The normalized spacial score (nSPS) is 45.2. The third-order valence-corrected chi connectivity index (χ3v) is 3.42.